The Balaban J connectivity index is 1.85. The Hall–Kier alpha value is -2.54. The first kappa shape index (κ1) is 14.9. The summed E-state index contributed by atoms with van der Waals surface area (Å²) < 4.78 is 5.04. The molecule has 7 nitrogen and oxygen atoms in total. The summed E-state index contributed by atoms with van der Waals surface area (Å²) in [4.78, 5) is 17.0. The predicted octanol–water partition coefficient (Wildman–Crippen LogP) is 2.25. The average molecular weight is 291 g/mol. The number of ether oxygens (including phenoxy) is 1. The molecule has 1 aromatic rings. The van der Waals surface area contributed by atoms with Crippen LogP contribution in [-0.4, -0.2) is 42.8 Å². The second-order valence-electron chi connectivity index (χ2n) is 4.41. The van der Waals surface area contributed by atoms with Crippen molar-refractivity contribution in [2.45, 2.75) is 6.42 Å². The molecule has 0 spiro atoms. The van der Waals surface area contributed by atoms with Crippen LogP contribution in [0, 0.1) is 0 Å². The first-order chi connectivity index (χ1) is 10.2. The number of nitrogens with zero attached hydrogens (tertiary/aromatic N) is 2. The third-order valence-electron chi connectivity index (χ3n) is 2.92. The van der Waals surface area contributed by atoms with Gasteiger partial charge >= 0.3 is 6.09 Å². The number of hydroxylamine groups is 2. The van der Waals surface area contributed by atoms with Crippen LogP contribution >= 0.6 is 0 Å². The SMILES string of the molecule is COc1ccc(NC(=O)ON2CCC=C(C=NO)C2)cc1. The number of amides is 1. The van der Waals surface area contributed by atoms with E-state index in [0.717, 1.165) is 12.0 Å². The van der Waals surface area contributed by atoms with E-state index in [-0.39, 0.29) is 0 Å². The topological polar surface area (TPSA) is 83.4 Å². The lowest BCUT2D eigenvalue weighted by atomic mass is 10.2. The van der Waals surface area contributed by atoms with Gasteiger partial charge in [0, 0.05) is 12.2 Å². The molecule has 0 saturated carbocycles. The third-order valence-corrected chi connectivity index (χ3v) is 2.92. The summed E-state index contributed by atoms with van der Waals surface area (Å²) in [6, 6.07) is 6.93. The van der Waals surface area contributed by atoms with Crippen molar-refractivity contribution in [3.8, 4) is 5.75 Å². The Morgan fingerprint density at radius 3 is 2.86 bits per heavy atom. The molecule has 21 heavy (non-hydrogen) atoms. The summed E-state index contributed by atoms with van der Waals surface area (Å²) in [7, 11) is 1.58. The monoisotopic (exact) mass is 291 g/mol. The number of oxime groups is 1. The normalized spacial score (nSPS) is 15.6. The number of methoxy groups -OCH3 is 1. The van der Waals surface area contributed by atoms with Gasteiger partial charge in [0.15, 0.2) is 0 Å². The molecule has 0 bridgehead atoms. The molecule has 0 fully saturated rings. The number of rotatable bonds is 4. The molecule has 0 unspecified atom stereocenters. The number of carbonyl (C=O) groups excluding carboxylic acids is 1. The van der Waals surface area contributed by atoms with Gasteiger partial charge in [0.05, 0.1) is 19.9 Å². The Bertz CT molecular complexity index is 540. The Morgan fingerprint density at radius 1 is 1.43 bits per heavy atom. The van der Waals surface area contributed by atoms with E-state index in [2.05, 4.69) is 10.5 Å². The minimum Gasteiger partial charge on any atom is -0.497 e. The molecule has 1 aliphatic rings. The first-order valence-corrected chi connectivity index (χ1v) is 6.45. The molecule has 2 N–H and O–H groups in total. The highest BCUT2D eigenvalue weighted by Crippen LogP contribution is 2.15. The lowest BCUT2D eigenvalue weighted by Gasteiger charge is -2.24. The summed E-state index contributed by atoms with van der Waals surface area (Å²) in [5.41, 5.74) is 1.41. The van der Waals surface area contributed by atoms with Gasteiger partial charge in [-0.2, -0.15) is 0 Å². The van der Waals surface area contributed by atoms with Gasteiger partial charge in [0.1, 0.15) is 5.75 Å². The van der Waals surface area contributed by atoms with E-state index in [4.69, 9.17) is 14.8 Å². The number of anilines is 1. The first-order valence-electron chi connectivity index (χ1n) is 6.45. The van der Waals surface area contributed by atoms with Gasteiger partial charge in [-0.05, 0) is 36.3 Å². The van der Waals surface area contributed by atoms with Gasteiger partial charge in [-0.1, -0.05) is 11.2 Å². The van der Waals surface area contributed by atoms with E-state index >= 15 is 0 Å². The molecule has 1 aliphatic heterocycles. The summed E-state index contributed by atoms with van der Waals surface area (Å²) >= 11 is 0. The van der Waals surface area contributed by atoms with Crippen LogP contribution in [0.2, 0.25) is 0 Å². The highest BCUT2D eigenvalue weighted by atomic mass is 16.7. The standard InChI is InChI=1S/C14H17N3O4/c1-20-13-6-4-12(5-7-13)16-14(18)21-17-8-2-3-11(10-17)9-15-19/h3-7,9,19H,2,8,10H2,1H3,(H,16,18). The number of hydrogen-bond donors (Lipinski definition) is 2. The molecule has 1 heterocycles. The second-order valence-corrected chi connectivity index (χ2v) is 4.41. The van der Waals surface area contributed by atoms with Crippen LogP contribution in [0.5, 0.6) is 5.75 Å². The van der Waals surface area contributed by atoms with Gasteiger partial charge in [-0.15, -0.1) is 5.06 Å². The maximum absolute atomic E-state index is 11.8. The molecule has 7 heteroatoms. The smallest absolute Gasteiger partial charge is 0.430 e. The van der Waals surface area contributed by atoms with Gasteiger partial charge < -0.3 is 14.8 Å². The van der Waals surface area contributed by atoms with E-state index in [1.165, 1.54) is 11.3 Å². The fourth-order valence-electron chi connectivity index (χ4n) is 1.92. The third kappa shape index (κ3) is 4.50. The lowest BCUT2D eigenvalue weighted by Crippen LogP contribution is -2.34. The Labute approximate surface area is 122 Å². The Kier molecular flexibility index (Phi) is 5.16. The van der Waals surface area contributed by atoms with Crippen molar-refractivity contribution in [2.75, 3.05) is 25.5 Å². The van der Waals surface area contributed by atoms with Gasteiger partial charge in [-0.25, -0.2) is 4.79 Å². The van der Waals surface area contributed by atoms with E-state index in [9.17, 15) is 4.79 Å². The van der Waals surface area contributed by atoms with Crippen LogP contribution < -0.4 is 10.1 Å². The maximum atomic E-state index is 11.8. The maximum Gasteiger partial charge on any atom is 0.430 e. The zero-order valence-corrected chi connectivity index (χ0v) is 11.7. The molecule has 0 aliphatic carbocycles. The Morgan fingerprint density at radius 2 is 2.19 bits per heavy atom. The van der Waals surface area contributed by atoms with E-state index < -0.39 is 6.09 Å². The van der Waals surface area contributed by atoms with E-state index in [1.807, 2.05) is 6.08 Å². The van der Waals surface area contributed by atoms with Crippen LogP contribution in [0.4, 0.5) is 10.5 Å². The fraction of sp³-hybridized carbons (Fsp3) is 0.286. The van der Waals surface area contributed by atoms with Crippen molar-refractivity contribution in [1.29, 1.82) is 0 Å². The highest BCUT2D eigenvalue weighted by Gasteiger charge is 2.16. The molecule has 0 radical (unpaired) electrons. The quantitative estimate of drug-likeness (QED) is 0.505. The summed E-state index contributed by atoms with van der Waals surface area (Å²) in [5.74, 6) is 0.711. The van der Waals surface area contributed by atoms with Crippen LogP contribution in [0.3, 0.4) is 0 Å². The molecule has 2 rings (SSSR count). The molecule has 0 saturated heterocycles. The highest BCUT2D eigenvalue weighted by molar-refractivity contribution is 5.84. The van der Waals surface area contributed by atoms with Crippen LogP contribution in [0.1, 0.15) is 6.42 Å². The van der Waals surface area contributed by atoms with Crippen molar-refractivity contribution < 1.29 is 19.6 Å². The van der Waals surface area contributed by atoms with Crippen LogP contribution in [-0.2, 0) is 4.84 Å². The minimum atomic E-state index is -0.567. The zero-order chi connectivity index (χ0) is 15.1. The van der Waals surface area contributed by atoms with Gasteiger partial charge in [0.2, 0.25) is 0 Å². The molecular weight excluding hydrogens is 274 g/mol. The minimum absolute atomic E-state index is 0.389. The lowest BCUT2D eigenvalue weighted by molar-refractivity contribution is -0.0872. The molecule has 0 atom stereocenters. The van der Waals surface area contributed by atoms with Crippen molar-refractivity contribution in [3.05, 3.63) is 35.9 Å². The number of carbonyl (C=O) groups is 1. The van der Waals surface area contributed by atoms with Gasteiger partial charge in [0.25, 0.3) is 0 Å². The number of hydrogen-bond acceptors (Lipinski definition) is 6. The van der Waals surface area contributed by atoms with Crippen LogP contribution in [0.15, 0.2) is 41.1 Å². The van der Waals surface area contributed by atoms with Crippen molar-refractivity contribution in [1.82, 2.24) is 5.06 Å². The zero-order valence-electron chi connectivity index (χ0n) is 11.7. The van der Waals surface area contributed by atoms with Crippen molar-refractivity contribution >= 4 is 18.0 Å². The largest absolute Gasteiger partial charge is 0.497 e. The molecule has 0 aromatic heterocycles. The van der Waals surface area contributed by atoms with Crippen molar-refractivity contribution in [3.63, 3.8) is 0 Å². The van der Waals surface area contributed by atoms with Gasteiger partial charge in [-0.3, -0.25) is 5.32 Å². The molecule has 1 aromatic carbocycles. The van der Waals surface area contributed by atoms with Crippen molar-refractivity contribution in [2.24, 2.45) is 5.16 Å². The molecule has 1 amide bonds. The molecule has 112 valence electrons. The van der Waals surface area contributed by atoms with E-state index in [1.54, 1.807) is 31.4 Å². The fourth-order valence-corrected chi connectivity index (χ4v) is 1.92. The number of benzene rings is 1. The van der Waals surface area contributed by atoms with E-state index in [0.29, 0.717) is 24.5 Å². The van der Waals surface area contributed by atoms with Crippen LogP contribution in [0.25, 0.3) is 0 Å². The summed E-state index contributed by atoms with van der Waals surface area (Å²) in [5, 5.41) is 15.6. The summed E-state index contributed by atoms with van der Waals surface area (Å²) in [6.07, 6.45) is 3.41. The number of nitrogens with one attached hydrogen (secondary N) is 1. The molecular formula is C14H17N3O4. The summed E-state index contributed by atoms with van der Waals surface area (Å²) in [6.45, 7) is 0.985. The second kappa shape index (κ2) is 7.30. The predicted molar refractivity (Wildman–Crippen MR) is 77.6 cm³/mol. The average Bonchev–Trinajstić information content (AvgIpc) is 2.48.